The molecule has 128 valence electrons. The second-order valence-corrected chi connectivity index (χ2v) is 8.02. The van der Waals surface area contributed by atoms with E-state index in [2.05, 4.69) is 4.72 Å². The summed E-state index contributed by atoms with van der Waals surface area (Å²) in [6, 6.07) is 9.80. The number of phenolic OH excluding ortho intramolecular Hbond substituents is 1. The number of hydrogen-bond donors (Lipinski definition) is 2. The van der Waals surface area contributed by atoms with Crippen LogP contribution in [0.3, 0.4) is 0 Å². The van der Waals surface area contributed by atoms with Gasteiger partial charge in [-0.3, -0.25) is 14.8 Å². The third-order valence-corrected chi connectivity index (χ3v) is 4.84. The molecular weight excluding hydrogens is 332 g/mol. The molecule has 0 aliphatic carbocycles. The van der Waals surface area contributed by atoms with Crippen molar-refractivity contribution in [2.45, 2.75) is 31.1 Å². The standard InChI is InChI=1S/C16H18N2O5S/c1-16(2,3)11-4-6-12(7-5-11)17-24(22,23)13-8-9-15(19)14(10-13)18(20)21/h4-10,17,19H,1-3H3. The van der Waals surface area contributed by atoms with Crippen LogP contribution in [-0.4, -0.2) is 18.4 Å². The number of nitro groups is 1. The zero-order valence-corrected chi connectivity index (χ0v) is 14.3. The monoisotopic (exact) mass is 350 g/mol. The molecule has 0 radical (unpaired) electrons. The lowest BCUT2D eigenvalue weighted by Gasteiger charge is -2.19. The van der Waals surface area contributed by atoms with Crippen molar-refractivity contribution in [3.63, 3.8) is 0 Å². The van der Waals surface area contributed by atoms with Crippen molar-refractivity contribution in [2.75, 3.05) is 4.72 Å². The number of phenols is 1. The van der Waals surface area contributed by atoms with Crippen LogP contribution < -0.4 is 4.72 Å². The van der Waals surface area contributed by atoms with Gasteiger partial charge in [-0.05, 0) is 35.2 Å². The Hall–Kier alpha value is -2.61. The van der Waals surface area contributed by atoms with Gasteiger partial charge in [0.25, 0.3) is 10.0 Å². The van der Waals surface area contributed by atoms with Crippen LogP contribution in [0.5, 0.6) is 5.75 Å². The topological polar surface area (TPSA) is 110 Å². The molecule has 2 rings (SSSR count). The maximum atomic E-state index is 12.4. The van der Waals surface area contributed by atoms with E-state index in [1.54, 1.807) is 12.1 Å². The molecule has 2 aromatic rings. The summed E-state index contributed by atoms with van der Waals surface area (Å²) >= 11 is 0. The van der Waals surface area contributed by atoms with Crippen LogP contribution in [0.4, 0.5) is 11.4 Å². The normalized spacial score (nSPS) is 12.0. The molecule has 8 heteroatoms. The van der Waals surface area contributed by atoms with Crippen molar-refractivity contribution < 1.29 is 18.4 Å². The molecule has 0 fully saturated rings. The summed E-state index contributed by atoms with van der Waals surface area (Å²) in [6.45, 7) is 6.13. The van der Waals surface area contributed by atoms with Crippen LogP contribution >= 0.6 is 0 Å². The van der Waals surface area contributed by atoms with Gasteiger partial charge >= 0.3 is 5.69 Å². The highest BCUT2D eigenvalue weighted by Crippen LogP contribution is 2.29. The number of nitrogens with zero attached hydrogens (tertiary/aromatic N) is 1. The van der Waals surface area contributed by atoms with E-state index in [1.165, 1.54) is 0 Å². The molecule has 7 nitrogen and oxygen atoms in total. The molecule has 0 saturated carbocycles. The van der Waals surface area contributed by atoms with Crippen LogP contribution in [0.1, 0.15) is 26.3 Å². The summed E-state index contributed by atoms with van der Waals surface area (Å²) in [5.74, 6) is -0.589. The first-order valence-corrected chi connectivity index (χ1v) is 8.60. The lowest BCUT2D eigenvalue weighted by molar-refractivity contribution is -0.386. The number of sulfonamides is 1. The number of nitrogens with one attached hydrogen (secondary N) is 1. The van der Waals surface area contributed by atoms with Crippen LogP contribution in [0.25, 0.3) is 0 Å². The van der Waals surface area contributed by atoms with Crippen molar-refractivity contribution >= 4 is 21.4 Å². The summed E-state index contributed by atoms with van der Waals surface area (Å²) in [5.41, 5.74) is 0.667. The number of hydrogen-bond acceptors (Lipinski definition) is 5. The number of nitro benzene ring substituents is 1. The summed E-state index contributed by atoms with van der Waals surface area (Å²) in [6.07, 6.45) is 0. The zero-order chi connectivity index (χ0) is 18.1. The predicted molar refractivity (Wildman–Crippen MR) is 90.7 cm³/mol. The van der Waals surface area contributed by atoms with Gasteiger partial charge in [-0.2, -0.15) is 0 Å². The maximum absolute atomic E-state index is 12.4. The average molecular weight is 350 g/mol. The summed E-state index contributed by atoms with van der Waals surface area (Å²) in [4.78, 5) is 9.68. The highest BCUT2D eigenvalue weighted by Gasteiger charge is 2.21. The summed E-state index contributed by atoms with van der Waals surface area (Å²) in [5, 5.41) is 20.2. The fourth-order valence-corrected chi connectivity index (χ4v) is 3.15. The molecule has 0 aromatic heterocycles. The lowest BCUT2D eigenvalue weighted by atomic mass is 9.87. The van der Waals surface area contributed by atoms with Gasteiger partial charge in [-0.15, -0.1) is 0 Å². The predicted octanol–water partition coefficient (Wildman–Crippen LogP) is 3.40. The van der Waals surface area contributed by atoms with Gasteiger partial charge in [0.2, 0.25) is 0 Å². The quantitative estimate of drug-likeness (QED) is 0.649. The molecule has 0 saturated heterocycles. The van der Waals surface area contributed by atoms with E-state index in [4.69, 9.17) is 0 Å². The van der Waals surface area contributed by atoms with Crippen LogP contribution in [0.2, 0.25) is 0 Å². The van der Waals surface area contributed by atoms with Gasteiger partial charge < -0.3 is 5.11 Å². The fourth-order valence-electron chi connectivity index (χ4n) is 2.07. The average Bonchev–Trinajstić information content (AvgIpc) is 2.46. The van der Waals surface area contributed by atoms with Crippen molar-refractivity contribution in [2.24, 2.45) is 0 Å². The molecule has 0 aliphatic heterocycles. The molecule has 24 heavy (non-hydrogen) atoms. The van der Waals surface area contributed by atoms with E-state index in [0.717, 1.165) is 23.8 Å². The molecule has 0 heterocycles. The van der Waals surface area contributed by atoms with Crippen molar-refractivity contribution in [1.29, 1.82) is 0 Å². The summed E-state index contributed by atoms with van der Waals surface area (Å²) < 4.78 is 27.1. The second kappa shape index (κ2) is 6.12. The molecule has 0 spiro atoms. The molecule has 0 atom stereocenters. The van der Waals surface area contributed by atoms with Crippen LogP contribution in [-0.2, 0) is 15.4 Å². The highest BCUT2D eigenvalue weighted by molar-refractivity contribution is 7.92. The minimum absolute atomic E-state index is 0.0605. The first kappa shape index (κ1) is 17.7. The van der Waals surface area contributed by atoms with E-state index < -0.39 is 26.4 Å². The third-order valence-electron chi connectivity index (χ3n) is 3.46. The van der Waals surface area contributed by atoms with Gasteiger partial charge in [-0.1, -0.05) is 32.9 Å². The number of anilines is 1. The maximum Gasteiger partial charge on any atom is 0.312 e. The molecule has 0 amide bonds. The van der Waals surface area contributed by atoms with Gasteiger partial charge in [0.05, 0.1) is 9.82 Å². The molecule has 2 aromatic carbocycles. The second-order valence-electron chi connectivity index (χ2n) is 6.34. The molecule has 2 N–H and O–H groups in total. The fraction of sp³-hybridized carbons (Fsp3) is 0.250. The van der Waals surface area contributed by atoms with E-state index in [0.29, 0.717) is 5.69 Å². The van der Waals surface area contributed by atoms with Crippen molar-refractivity contribution in [3.8, 4) is 5.75 Å². The minimum atomic E-state index is -4.00. The Bertz CT molecular complexity index is 868. The van der Waals surface area contributed by atoms with Gasteiger partial charge in [-0.25, -0.2) is 8.42 Å². The number of aromatic hydroxyl groups is 1. The van der Waals surface area contributed by atoms with E-state index in [9.17, 15) is 23.6 Å². The van der Waals surface area contributed by atoms with Gasteiger partial charge in [0.15, 0.2) is 5.75 Å². The largest absolute Gasteiger partial charge is 0.502 e. The minimum Gasteiger partial charge on any atom is -0.502 e. The number of rotatable bonds is 4. The SMILES string of the molecule is CC(C)(C)c1ccc(NS(=O)(=O)c2ccc(O)c([N+](=O)[O-])c2)cc1. The summed E-state index contributed by atoms with van der Waals surface area (Å²) in [7, 11) is -4.00. The smallest absolute Gasteiger partial charge is 0.312 e. The Morgan fingerprint density at radius 1 is 1.08 bits per heavy atom. The van der Waals surface area contributed by atoms with Crippen LogP contribution in [0, 0.1) is 10.1 Å². The Balaban J connectivity index is 2.32. The van der Waals surface area contributed by atoms with Gasteiger partial charge in [0.1, 0.15) is 0 Å². The van der Waals surface area contributed by atoms with Crippen LogP contribution in [0.15, 0.2) is 47.4 Å². The Labute approximate surface area is 140 Å². The Morgan fingerprint density at radius 3 is 2.17 bits per heavy atom. The van der Waals surface area contributed by atoms with Crippen molar-refractivity contribution in [3.05, 3.63) is 58.1 Å². The first-order chi connectivity index (χ1) is 11.0. The van der Waals surface area contributed by atoms with Gasteiger partial charge in [0, 0.05) is 11.8 Å². The highest BCUT2D eigenvalue weighted by atomic mass is 32.2. The molecule has 0 bridgehead atoms. The Morgan fingerprint density at radius 2 is 1.67 bits per heavy atom. The molecule has 0 unspecified atom stereocenters. The molecular formula is C16H18N2O5S. The zero-order valence-electron chi connectivity index (χ0n) is 13.5. The third kappa shape index (κ3) is 3.83. The first-order valence-electron chi connectivity index (χ1n) is 7.11. The van der Waals surface area contributed by atoms with E-state index in [-0.39, 0.29) is 10.3 Å². The number of benzene rings is 2. The molecule has 0 aliphatic rings. The van der Waals surface area contributed by atoms with Crippen molar-refractivity contribution in [1.82, 2.24) is 0 Å². The van der Waals surface area contributed by atoms with E-state index in [1.807, 2.05) is 32.9 Å². The Kier molecular flexibility index (Phi) is 4.52. The lowest BCUT2D eigenvalue weighted by Crippen LogP contribution is -2.14. The van der Waals surface area contributed by atoms with E-state index >= 15 is 0 Å².